The molecular weight excluding hydrogens is 290 g/mol. The van der Waals surface area contributed by atoms with E-state index < -0.39 is 6.10 Å². The zero-order valence-electron chi connectivity index (χ0n) is 14.4. The minimum absolute atomic E-state index is 0.269. The van der Waals surface area contributed by atoms with Crippen LogP contribution < -0.4 is 4.74 Å². The number of rotatable bonds is 8. The fourth-order valence-electron chi connectivity index (χ4n) is 2.73. The maximum atomic E-state index is 10.3. The molecule has 0 unspecified atom stereocenters. The predicted molar refractivity (Wildman–Crippen MR) is 92.5 cm³/mol. The molecule has 23 heavy (non-hydrogen) atoms. The molecule has 1 atom stereocenters. The molecule has 0 amide bonds. The van der Waals surface area contributed by atoms with Gasteiger partial charge >= 0.3 is 0 Å². The smallest absolute Gasteiger partial charge is 0.127 e. The van der Waals surface area contributed by atoms with E-state index in [2.05, 4.69) is 42.8 Å². The van der Waals surface area contributed by atoms with E-state index in [4.69, 9.17) is 4.74 Å². The number of nitrogens with zero attached hydrogens (tertiary/aromatic N) is 2. The Morgan fingerprint density at radius 3 is 2.48 bits per heavy atom. The number of benzene rings is 1. The Hall–Kier alpha value is -1.85. The summed E-state index contributed by atoms with van der Waals surface area (Å²) in [4.78, 5) is 2.26. The fourth-order valence-corrected chi connectivity index (χ4v) is 2.73. The van der Waals surface area contributed by atoms with Gasteiger partial charge in [-0.15, -0.1) is 0 Å². The highest BCUT2D eigenvalue weighted by atomic mass is 16.5. The maximum Gasteiger partial charge on any atom is 0.127 e. The van der Waals surface area contributed by atoms with Gasteiger partial charge in [-0.1, -0.05) is 18.2 Å². The summed E-state index contributed by atoms with van der Waals surface area (Å²) in [5.74, 6) is 0.758. The Balaban J connectivity index is 1.98. The van der Waals surface area contributed by atoms with Crippen LogP contribution in [0.5, 0.6) is 5.75 Å². The van der Waals surface area contributed by atoms with Gasteiger partial charge in [0.1, 0.15) is 18.5 Å². The molecule has 0 saturated carbocycles. The van der Waals surface area contributed by atoms with Crippen molar-refractivity contribution in [2.45, 2.75) is 45.9 Å². The van der Waals surface area contributed by atoms with Crippen LogP contribution in [0.4, 0.5) is 0 Å². The molecule has 5 heteroatoms. The lowest BCUT2D eigenvalue weighted by Gasteiger charge is -2.32. The number of nitrogens with one attached hydrogen (secondary N) is 1. The van der Waals surface area contributed by atoms with Crippen LogP contribution in [0.25, 0.3) is 11.1 Å². The third kappa shape index (κ3) is 4.81. The van der Waals surface area contributed by atoms with Crippen LogP contribution in [0.1, 0.15) is 27.7 Å². The third-order valence-corrected chi connectivity index (χ3v) is 3.88. The monoisotopic (exact) mass is 317 g/mol. The van der Waals surface area contributed by atoms with Crippen LogP contribution in [-0.2, 0) is 0 Å². The second-order valence-corrected chi connectivity index (χ2v) is 6.33. The van der Waals surface area contributed by atoms with Gasteiger partial charge in [0.05, 0.1) is 6.20 Å². The number of aromatic nitrogens is 2. The van der Waals surface area contributed by atoms with Gasteiger partial charge in [-0.3, -0.25) is 10.00 Å². The van der Waals surface area contributed by atoms with Gasteiger partial charge < -0.3 is 9.84 Å². The molecule has 0 aliphatic carbocycles. The lowest BCUT2D eigenvalue weighted by atomic mass is 10.1. The molecule has 126 valence electrons. The topological polar surface area (TPSA) is 61.4 Å². The van der Waals surface area contributed by atoms with Gasteiger partial charge in [0.15, 0.2) is 0 Å². The highest BCUT2D eigenvalue weighted by Crippen LogP contribution is 2.28. The second-order valence-electron chi connectivity index (χ2n) is 6.33. The third-order valence-electron chi connectivity index (χ3n) is 3.88. The zero-order chi connectivity index (χ0) is 16.8. The SMILES string of the molecule is CC(C)N(C[C@H](O)COc1ccccc1-c1cn[nH]c1)C(C)C. The van der Waals surface area contributed by atoms with Crippen molar-refractivity contribution in [3.8, 4) is 16.9 Å². The van der Waals surface area contributed by atoms with Crippen molar-refractivity contribution in [2.24, 2.45) is 0 Å². The molecule has 0 fully saturated rings. The molecule has 2 N–H and O–H groups in total. The quantitative estimate of drug-likeness (QED) is 0.786. The van der Waals surface area contributed by atoms with E-state index in [9.17, 15) is 5.11 Å². The van der Waals surface area contributed by atoms with Crippen molar-refractivity contribution < 1.29 is 9.84 Å². The van der Waals surface area contributed by atoms with Gasteiger partial charge in [0.25, 0.3) is 0 Å². The van der Waals surface area contributed by atoms with E-state index in [-0.39, 0.29) is 6.61 Å². The fraction of sp³-hybridized carbons (Fsp3) is 0.500. The van der Waals surface area contributed by atoms with Crippen molar-refractivity contribution in [2.75, 3.05) is 13.2 Å². The molecule has 1 aromatic heterocycles. The normalized spacial score (nSPS) is 13.0. The van der Waals surface area contributed by atoms with Crippen molar-refractivity contribution in [1.29, 1.82) is 0 Å². The number of hydrogen-bond donors (Lipinski definition) is 2. The molecule has 5 nitrogen and oxygen atoms in total. The number of aromatic amines is 1. The van der Waals surface area contributed by atoms with Crippen LogP contribution in [-0.4, -0.2) is 51.5 Å². The maximum absolute atomic E-state index is 10.3. The molecule has 2 rings (SSSR count). The first-order valence-electron chi connectivity index (χ1n) is 8.13. The lowest BCUT2D eigenvalue weighted by Crippen LogP contribution is -2.43. The molecular formula is C18H27N3O2. The second kappa shape index (κ2) is 8.13. The standard InChI is InChI=1S/C18H27N3O2/c1-13(2)21(14(3)4)11-16(22)12-23-18-8-6-5-7-17(18)15-9-19-20-10-15/h5-10,13-14,16,22H,11-12H2,1-4H3,(H,19,20)/t16-/m0/s1. The van der Waals surface area contributed by atoms with E-state index >= 15 is 0 Å². The molecule has 0 bridgehead atoms. The molecule has 0 radical (unpaired) electrons. The summed E-state index contributed by atoms with van der Waals surface area (Å²) in [6.45, 7) is 9.43. The molecule has 1 aromatic carbocycles. The molecule has 0 aliphatic heterocycles. The number of aliphatic hydroxyl groups is 1. The summed E-state index contributed by atoms with van der Waals surface area (Å²) in [5, 5.41) is 17.1. The van der Waals surface area contributed by atoms with Crippen LogP contribution in [0.15, 0.2) is 36.7 Å². The van der Waals surface area contributed by atoms with Gasteiger partial charge in [-0.2, -0.15) is 5.10 Å². The van der Waals surface area contributed by atoms with Crippen LogP contribution in [0, 0.1) is 0 Å². The average molecular weight is 317 g/mol. The van der Waals surface area contributed by atoms with Crippen LogP contribution in [0.2, 0.25) is 0 Å². The first-order valence-corrected chi connectivity index (χ1v) is 8.13. The van der Waals surface area contributed by atoms with E-state index in [0.717, 1.165) is 16.9 Å². The summed E-state index contributed by atoms with van der Waals surface area (Å²) < 4.78 is 5.86. The molecule has 0 spiro atoms. The van der Waals surface area contributed by atoms with E-state index in [0.29, 0.717) is 18.6 Å². The van der Waals surface area contributed by atoms with E-state index in [1.807, 2.05) is 30.5 Å². The largest absolute Gasteiger partial charge is 0.490 e. The number of ether oxygens (including phenoxy) is 1. The Morgan fingerprint density at radius 1 is 1.17 bits per heavy atom. The molecule has 1 heterocycles. The number of para-hydroxylation sites is 1. The van der Waals surface area contributed by atoms with Crippen molar-refractivity contribution in [1.82, 2.24) is 15.1 Å². The van der Waals surface area contributed by atoms with Crippen LogP contribution >= 0.6 is 0 Å². The van der Waals surface area contributed by atoms with Gasteiger partial charge in [-0.25, -0.2) is 0 Å². The molecule has 2 aromatic rings. The first-order chi connectivity index (χ1) is 11.0. The minimum atomic E-state index is -0.530. The van der Waals surface area contributed by atoms with E-state index in [1.54, 1.807) is 6.20 Å². The minimum Gasteiger partial charge on any atom is -0.490 e. The van der Waals surface area contributed by atoms with Gasteiger partial charge in [0, 0.05) is 36.0 Å². The molecule has 0 saturated heterocycles. The summed E-state index contributed by atoms with van der Waals surface area (Å²) in [5.41, 5.74) is 1.94. The number of hydrogen-bond acceptors (Lipinski definition) is 4. The van der Waals surface area contributed by atoms with Crippen molar-refractivity contribution in [3.63, 3.8) is 0 Å². The Labute approximate surface area is 138 Å². The summed E-state index contributed by atoms with van der Waals surface area (Å²) in [6.07, 6.45) is 3.06. The average Bonchev–Trinajstić information content (AvgIpc) is 3.04. The number of aliphatic hydroxyl groups excluding tert-OH is 1. The Bertz CT molecular complexity index is 574. The highest BCUT2D eigenvalue weighted by molar-refractivity contribution is 5.68. The zero-order valence-corrected chi connectivity index (χ0v) is 14.4. The van der Waals surface area contributed by atoms with Crippen molar-refractivity contribution in [3.05, 3.63) is 36.7 Å². The van der Waals surface area contributed by atoms with Crippen molar-refractivity contribution >= 4 is 0 Å². The van der Waals surface area contributed by atoms with Gasteiger partial charge in [-0.05, 0) is 33.8 Å². The van der Waals surface area contributed by atoms with E-state index in [1.165, 1.54) is 0 Å². The van der Waals surface area contributed by atoms with Gasteiger partial charge in [0.2, 0.25) is 0 Å². The summed E-state index contributed by atoms with van der Waals surface area (Å²) in [7, 11) is 0. The predicted octanol–water partition coefficient (Wildman–Crippen LogP) is 2.94. The Kier molecular flexibility index (Phi) is 6.19. The Morgan fingerprint density at radius 2 is 1.87 bits per heavy atom. The molecule has 0 aliphatic rings. The first kappa shape index (κ1) is 17.5. The summed E-state index contributed by atoms with van der Waals surface area (Å²) in [6, 6.07) is 8.58. The van der Waals surface area contributed by atoms with Crippen LogP contribution in [0.3, 0.4) is 0 Å². The number of H-pyrrole nitrogens is 1. The lowest BCUT2D eigenvalue weighted by molar-refractivity contribution is 0.0447. The summed E-state index contributed by atoms with van der Waals surface area (Å²) >= 11 is 0. The highest BCUT2D eigenvalue weighted by Gasteiger charge is 2.18.